The van der Waals surface area contributed by atoms with Gasteiger partial charge in [0.1, 0.15) is 10.9 Å². The van der Waals surface area contributed by atoms with Gasteiger partial charge in [0, 0.05) is 24.1 Å². The van der Waals surface area contributed by atoms with Crippen molar-refractivity contribution in [3.05, 3.63) is 71.1 Å². The lowest BCUT2D eigenvalue weighted by molar-refractivity contribution is -0.137. The lowest BCUT2D eigenvalue weighted by atomic mass is 10.0. The first-order valence-electron chi connectivity index (χ1n) is 12.4. The number of carbonyl (C=O) groups is 3. The van der Waals surface area contributed by atoms with Gasteiger partial charge in [0.05, 0.1) is 5.69 Å². The van der Waals surface area contributed by atoms with E-state index in [4.69, 9.17) is 0 Å². The van der Waals surface area contributed by atoms with Crippen LogP contribution >= 0.6 is 11.3 Å². The van der Waals surface area contributed by atoms with E-state index in [1.807, 2.05) is 48.5 Å². The van der Waals surface area contributed by atoms with Crippen LogP contribution in [-0.2, 0) is 9.59 Å². The summed E-state index contributed by atoms with van der Waals surface area (Å²) in [7, 11) is 0. The summed E-state index contributed by atoms with van der Waals surface area (Å²) in [6.07, 6.45) is 6.61. The molecule has 0 radical (unpaired) electrons. The fourth-order valence-corrected chi connectivity index (χ4v) is 6.10. The number of aromatic nitrogens is 1. The average molecular weight is 488 g/mol. The molecule has 0 unspecified atom stereocenters. The lowest BCUT2D eigenvalue weighted by Crippen LogP contribution is -2.43. The zero-order valence-corrected chi connectivity index (χ0v) is 20.4. The molecule has 35 heavy (non-hydrogen) atoms. The second-order valence-corrected chi connectivity index (χ2v) is 10.3. The molecule has 2 fully saturated rings. The number of ketones is 1. The molecule has 1 saturated carbocycles. The Morgan fingerprint density at radius 1 is 0.914 bits per heavy atom. The van der Waals surface area contributed by atoms with Crippen molar-refractivity contribution >= 4 is 34.1 Å². The number of thiazole rings is 1. The summed E-state index contributed by atoms with van der Waals surface area (Å²) >= 11 is 1.18. The highest BCUT2D eigenvalue weighted by molar-refractivity contribution is 7.18. The van der Waals surface area contributed by atoms with Crippen LogP contribution < -0.4 is 5.32 Å². The van der Waals surface area contributed by atoms with Gasteiger partial charge in [-0.1, -0.05) is 84.8 Å². The number of likely N-dealkylation sites (tertiary alicyclic amines) is 1. The van der Waals surface area contributed by atoms with Gasteiger partial charge in [-0.2, -0.15) is 0 Å². The molecule has 7 heteroatoms. The molecule has 2 heterocycles. The Bertz CT molecular complexity index is 1200. The van der Waals surface area contributed by atoms with Crippen LogP contribution in [0.3, 0.4) is 0 Å². The van der Waals surface area contributed by atoms with Crippen molar-refractivity contribution in [2.45, 2.75) is 51.0 Å². The zero-order chi connectivity index (χ0) is 24.2. The van der Waals surface area contributed by atoms with Crippen molar-refractivity contribution in [3.63, 3.8) is 0 Å². The van der Waals surface area contributed by atoms with Crippen LogP contribution in [0, 0.1) is 5.92 Å². The smallest absolute Gasteiger partial charge is 0.248 e. The Morgan fingerprint density at radius 2 is 1.60 bits per heavy atom. The molecule has 3 aromatic rings. The summed E-state index contributed by atoms with van der Waals surface area (Å²) in [4.78, 5) is 46.4. The van der Waals surface area contributed by atoms with Crippen molar-refractivity contribution in [2.75, 3.05) is 11.9 Å². The molecule has 0 spiro atoms. The van der Waals surface area contributed by atoms with Gasteiger partial charge in [0.2, 0.25) is 17.6 Å². The van der Waals surface area contributed by atoms with Gasteiger partial charge >= 0.3 is 0 Å². The van der Waals surface area contributed by atoms with E-state index in [0.29, 0.717) is 46.6 Å². The predicted molar refractivity (Wildman–Crippen MR) is 137 cm³/mol. The lowest BCUT2D eigenvalue weighted by Gasteiger charge is -2.24. The summed E-state index contributed by atoms with van der Waals surface area (Å²) in [5.41, 5.74) is 1.95. The summed E-state index contributed by atoms with van der Waals surface area (Å²) in [6.45, 7) is 0.620. The minimum absolute atomic E-state index is 0.0820. The van der Waals surface area contributed by atoms with E-state index in [1.54, 1.807) is 17.0 Å². The van der Waals surface area contributed by atoms with Crippen LogP contribution in [0.2, 0.25) is 0 Å². The van der Waals surface area contributed by atoms with Gasteiger partial charge in [-0.25, -0.2) is 4.98 Å². The van der Waals surface area contributed by atoms with Crippen molar-refractivity contribution in [1.29, 1.82) is 0 Å². The van der Waals surface area contributed by atoms with Gasteiger partial charge in [-0.15, -0.1) is 0 Å². The predicted octanol–water partition coefficient (Wildman–Crippen LogP) is 5.55. The fraction of sp³-hybridized carbons (Fsp3) is 0.357. The topological polar surface area (TPSA) is 79.4 Å². The first-order valence-corrected chi connectivity index (χ1v) is 13.2. The third kappa shape index (κ3) is 5.20. The van der Waals surface area contributed by atoms with Crippen LogP contribution in [-0.4, -0.2) is 40.1 Å². The number of nitrogens with one attached hydrogen (secondary N) is 1. The van der Waals surface area contributed by atoms with E-state index < -0.39 is 6.04 Å². The molecule has 5 rings (SSSR count). The second-order valence-electron chi connectivity index (χ2n) is 9.35. The molecule has 1 saturated heterocycles. The molecule has 180 valence electrons. The maximum Gasteiger partial charge on any atom is 0.248 e. The maximum atomic E-state index is 13.3. The Kier molecular flexibility index (Phi) is 7.04. The van der Waals surface area contributed by atoms with E-state index >= 15 is 0 Å². The number of benzene rings is 2. The second kappa shape index (κ2) is 10.5. The molecule has 1 N–H and O–H groups in total. The number of amides is 2. The van der Waals surface area contributed by atoms with Crippen molar-refractivity contribution < 1.29 is 14.4 Å². The molecule has 1 aromatic heterocycles. The number of hydrogen-bond acceptors (Lipinski definition) is 5. The SMILES string of the molecule is O=C(c1ccccc1)c1sc(NC(=O)[C@@H]2CCCN2C(=O)CC2CCCC2)nc1-c1ccccc1. The zero-order valence-electron chi connectivity index (χ0n) is 19.6. The molecular weight excluding hydrogens is 458 g/mol. The number of anilines is 1. The number of carbonyl (C=O) groups excluding carboxylic acids is 3. The molecule has 0 bridgehead atoms. The number of hydrogen-bond donors (Lipinski definition) is 1. The van der Waals surface area contributed by atoms with Crippen LogP contribution in [0.4, 0.5) is 5.13 Å². The average Bonchev–Trinajstić information content (AvgIpc) is 3.66. The van der Waals surface area contributed by atoms with Gasteiger partial charge in [-0.05, 0) is 31.6 Å². The van der Waals surface area contributed by atoms with E-state index in [0.717, 1.165) is 24.8 Å². The highest BCUT2D eigenvalue weighted by Crippen LogP contribution is 2.34. The van der Waals surface area contributed by atoms with E-state index in [-0.39, 0.29) is 17.6 Å². The number of rotatable bonds is 7. The van der Waals surface area contributed by atoms with Crippen molar-refractivity contribution in [2.24, 2.45) is 5.92 Å². The fourth-order valence-electron chi connectivity index (χ4n) is 5.14. The van der Waals surface area contributed by atoms with Gasteiger partial charge in [-0.3, -0.25) is 14.4 Å². The van der Waals surface area contributed by atoms with Crippen LogP contribution in [0.15, 0.2) is 60.7 Å². The van der Waals surface area contributed by atoms with E-state index in [1.165, 1.54) is 24.2 Å². The minimum atomic E-state index is -0.485. The van der Waals surface area contributed by atoms with E-state index in [2.05, 4.69) is 10.3 Å². The summed E-state index contributed by atoms with van der Waals surface area (Å²) in [6, 6.07) is 18.1. The van der Waals surface area contributed by atoms with Crippen LogP contribution in [0.25, 0.3) is 11.3 Å². The molecule has 1 aliphatic heterocycles. The van der Waals surface area contributed by atoms with Gasteiger partial charge in [0.15, 0.2) is 5.13 Å². The summed E-state index contributed by atoms with van der Waals surface area (Å²) in [5.74, 6) is 0.176. The monoisotopic (exact) mass is 487 g/mol. The largest absolute Gasteiger partial charge is 0.331 e. The first-order chi connectivity index (χ1) is 17.1. The Labute approximate surface area is 209 Å². The molecule has 2 amide bonds. The normalized spacial score (nSPS) is 18.1. The van der Waals surface area contributed by atoms with E-state index in [9.17, 15) is 14.4 Å². The summed E-state index contributed by atoms with van der Waals surface area (Å²) in [5, 5.41) is 3.30. The maximum absolute atomic E-state index is 13.3. The number of nitrogens with zero attached hydrogens (tertiary/aromatic N) is 2. The highest BCUT2D eigenvalue weighted by Gasteiger charge is 2.35. The molecule has 6 nitrogen and oxygen atoms in total. The minimum Gasteiger partial charge on any atom is -0.331 e. The van der Waals surface area contributed by atoms with Crippen molar-refractivity contribution in [1.82, 2.24) is 9.88 Å². The molecule has 2 aromatic carbocycles. The standard InChI is InChI=1S/C28H29N3O3S/c32-23(18-19-10-7-8-11-19)31-17-9-16-22(31)27(34)30-28-29-24(20-12-3-1-4-13-20)26(35-28)25(33)21-14-5-2-6-15-21/h1-6,12-15,19,22H,7-11,16-18H2,(H,29,30,34)/t22-/m0/s1. The Hall–Kier alpha value is -3.32. The van der Waals surface area contributed by atoms with Gasteiger partial charge in [0.25, 0.3) is 0 Å². The Balaban J connectivity index is 1.37. The third-order valence-corrected chi connectivity index (χ3v) is 7.93. The summed E-state index contributed by atoms with van der Waals surface area (Å²) < 4.78 is 0. The van der Waals surface area contributed by atoms with Crippen molar-refractivity contribution in [3.8, 4) is 11.3 Å². The molecule has 1 atom stereocenters. The quantitative estimate of drug-likeness (QED) is 0.443. The molecule has 1 aliphatic carbocycles. The third-order valence-electron chi connectivity index (χ3n) is 6.96. The van der Waals surface area contributed by atoms with Gasteiger partial charge < -0.3 is 10.2 Å². The highest BCUT2D eigenvalue weighted by atomic mass is 32.1. The molecule has 2 aliphatic rings. The first kappa shape index (κ1) is 23.4. The molecular formula is C28H29N3O3S. The van der Waals surface area contributed by atoms with Crippen LogP contribution in [0.5, 0.6) is 0 Å². The van der Waals surface area contributed by atoms with Crippen LogP contribution in [0.1, 0.15) is 60.2 Å². The Morgan fingerprint density at radius 3 is 2.31 bits per heavy atom.